The number of thiophene rings is 1. The van der Waals surface area contributed by atoms with Crippen LogP contribution in [-0.2, 0) is 30.5 Å². The molecule has 3 heterocycles. The first-order valence-corrected chi connectivity index (χ1v) is 11.4. The quantitative estimate of drug-likeness (QED) is 0.506. The highest BCUT2D eigenvalue weighted by atomic mass is 32.1. The van der Waals surface area contributed by atoms with Crippen molar-refractivity contribution >= 4 is 51.1 Å². The van der Waals surface area contributed by atoms with Crippen LogP contribution >= 0.6 is 11.3 Å². The Balaban J connectivity index is 1.44. The maximum Gasteiger partial charge on any atom is 0.348 e. The molecule has 0 spiro atoms. The van der Waals surface area contributed by atoms with Gasteiger partial charge in [-0.3, -0.25) is 19.3 Å². The van der Waals surface area contributed by atoms with E-state index in [0.717, 1.165) is 29.1 Å². The summed E-state index contributed by atoms with van der Waals surface area (Å²) in [5, 5.41) is 0.559. The molecule has 2 aromatic rings. The molecule has 4 rings (SSSR count). The van der Waals surface area contributed by atoms with Crippen molar-refractivity contribution in [3.05, 3.63) is 16.3 Å². The zero-order valence-corrected chi connectivity index (χ0v) is 18.7. The summed E-state index contributed by atoms with van der Waals surface area (Å²) in [6.45, 7) is 3.02. The van der Waals surface area contributed by atoms with Gasteiger partial charge in [0.15, 0.2) is 12.4 Å². The lowest BCUT2D eigenvalue weighted by atomic mass is 9.81. The Morgan fingerprint density at radius 3 is 2.41 bits per heavy atom. The highest BCUT2D eigenvalue weighted by Crippen LogP contribution is 2.38. The third-order valence-corrected chi connectivity index (χ3v) is 7.07. The Morgan fingerprint density at radius 1 is 1.12 bits per heavy atom. The molecule has 2 aliphatic rings. The van der Waals surface area contributed by atoms with Crippen molar-refractivity contribution in [2.24, 2.45) is 11.8 Å². The molecule has 1 aliphatic carbocycles. The molecule has 2 unspecified atom stereocenters. The van der Waals surface area contributed by atoms with Gasteiger partial charge in [-0.05, 0) is 32.3 Å². The molecule has 1 aliphatic heterocycles. The standard InChI is InChI=1S/C21H24N4O6S/c1-3-30-21(29)16-10(2)15-17(22)23-13(24-18(15)32-16)9-31-14(26)8-25-19(27)11-6-4-5-7-12(11)20(25)28/h11-12H,3-9H2,1-2H3,(H2,22,23,24). The van der Waals surface area contributed by atoms with Crippen LogP contribution in [0.1, 0.15) is 53.7 Å². The molecule has 0 aromatic carbocycles. The minimum atomic E-state index is -0.720. The second-order valence-corrected chi connectivity index (χ2v) is 8.90. The van der Waals surface area contributed by atoms with Crippen LogP contribution in [-0.4, -0.2) is 51.8 Å². The van der Waals surface area contributed by atoms with Gasteiger partial charge in [0.25, 0.3) is 0 Å². The second kappa shape index (κ2) is 8.81. The van der Waals surface area contributed by atoms with Crippen molar-refractivity contribution in [3.63, 3.8) is 0 Å². The van der Waals surface area contributed by atoms with E-state index in [2.05, 4.69) is 9.97 Å². The van der Waals surface area contributed by atoms with E-state index in [9.17, 15) is 19.2 Å². The van der Waals surface area contributed by atoms with Crippen LogP contribution in [0.4, 0.5) is 5.82 Å². The zero-order valence-electron chi connectivity index (χ0n) is 17.9. The second-order valence-electron chi connectivity index (χ2n) is 7.90. The molecule has 32 heavy (non-hydrogen) atoms. The third-order valence-electron chi connectivity index (χ3n) is 5.91. The maximum absolute atomic E-state index is 12.5. The summed E-state index contributed by atoms with van der Waals surface area (Å²) in [5.74, 6) is -2.07. The van der Waals surface area contributed by atoms with Crippen LogP contribution in [0, 0.1) is 18.8 Å². The molecule has 2 atom stereocenters. The molecule has 10 nitrogen and oxygen atoms in total. The average Bonchev–Trinajstić information content (AvgIpc) is 3.23. The Kier molecular flexibility index (Phi) is 6.09. The molecule has 170 valence electrons. The van der Waals surface area contributed by atoms with E-state index in [1.807, 2.05) is 0 Å². The number of hydrogen-bond donors (Lipinski definition) is 1. The minimum absolute atomic E-state index is 0.160. The Labute approximate surface area is 188 Å². The van der Waals surface area contributed by atoms with Gasteiger partial charge in [-0.1, -0.05) is 12.8 Å². The monoisotopic (exact) mass is 460 g/mol. The van der Waals surface area contributed by atoms with Gasteiger partial charge in [0.1, 0.15) is 22.1 Å². The molecule has 1 saturated carbocycles. The maximum atomic E-state index is 12.5. The molecule has 0 bridgehead atoms. The minimum Gasteiger partial charge on any atom is -0.462 e. The fraction of sp³-hybridized carbons (Fsp3) is 0.524. The average molecular weight is 461 g/mol. The summed E-state index contributed by atoms with van der Waals surface area (Å²) in [6.07, 6.45) is 3.20. The van der Waals surface area contributed by atoms with Gasteiger partial charge in [-0.15, -0.1) is 11.3 Å². The number of amides is 2. The van der Waals surface area contributed by atoms with Gasteiger partial charge in [0.05, 0.1) is 23.8 Å². The first kappa shape index (κ1) is 22.1. The first-order chi connectivity index (χ1) is 15.3. The number of nitrogens with two attached hydrogens (primary N) is 1. The lowest BCUT2D eigenvalue weighted by Crippen LogP contribution is -2.36. The predicted octanol–water partition coefficient (Wildman–Crippen LogP) is 1.98. The molecule has 0 radical (unpaired) electrons. The van der Waals surface area contributed by atoms with Crippen molar-refractivity contribution in [2.75, 3.05) is 18.9 Å². The van der Waals surface area contributed by atoms with Gasteiger partial charge in [0.2, 0.25) is 11.8 Å². The largest absolute Gasteiger partial charge is 0.462 e. The van der Waals surface area contributed by atoms with Gasteiger partial charge >= 0.3 is 11.9 Å². The number of imide groups is 1. The number of rotatable bonds is 6. The number of aryl methyl sites for hydroxylation is 1. The van der Waals surface area contributed by atoms with E-state index in [4.69, 9.17) is 15.2 Å². The molecule has 2 amide bonds. The van der Waals surface area contributed by atoms with Crippen LogP contribution in [0.15, 0.2) is 0 Å². The summed E-state index contributed by atoms with van der Waals surface area (Å²) in [4.78, 5) is 59.9. The van der Waals surface area contributed by atoms with E-state index in [0.29, 0.717) is 33.5 Å². The number of carbonyl (C=O) groups is 4. The topological polar surface area (TPSA) is 142 Å². The van der Waals surface area contributed by atoms with E-state index < -0.39 is 18.5 Å². The third kappa shape index (κ3) is 3.92. The Morgan fingerprint density at radius 2 is 1.78 bits per heavy atom. The lowest BCUT2D eigenvalue weighted by Gasteiger charge is -2.19. The van der Waals surface area contributed by atoms with Gasteiger partial charge in [0, 0.05) is 0 Å². The van der Waals surface area contributed by atoms with Crippen molar-refractivity contribution in [2.45, 2.75) is 46.1 Å². The summed E-state index contributed by atoms with van der Waals surface area (Å²) < 4.78 is 10.3. The van der Waals surface area contributed by atoms with Crippen LogP contribution in [0.25, 0.3) is 10.2 Å². The number of fused-ring (bicyclic) bond motifs is 2. The first-order valence-electron chi connectivity index (χ1n) is 10.5. The summed E-state index contributed by atoms with van der Waals surface area (Å²) in [6, 6.07) is 0. The number of likely N-dealkylation sites (tertiary alicyclic amines) is 1. The molecule has 11 heteroatoms. The highest BCUT2D eigenvalue weighted by molar-refractivity contribution is 7.20. The molecule has 2 N–H and O–H groups in total. The van der Waals surface area contributed by atoms with Gasteiger partial charge in [-0.25, -0.2) is 14.8 Å². The number of anilines is 1. The van der Waals surface area contributed by atoms with Gasteiger partial charge < -0.3 is 15.2 Å². The number of ether oxygens (including phenoxy) is 2. The lowest BCUT2D eigenvalue weighted by molar-refractivity contribution is -0.154. The number of esters is 2. The molecule has 1 saturated heterocycles. The van der Waals surface area contributed by atoms with Crippen molar-refractivity contribution in [3.8, 4) is 0 Å². The molecule has 2 aromatic heterocycles. The fourth-order valence-corrected chi connectivity index (χ4v) is 5.48. The normalized spacial score (nSPS) is 20.5. The van der Waals surface area contributed by atoms with Crippen molar-refractivity contribution < 1.29 is 28.7 Å². The van der Waals surface area contributed by atoms with E-state index in [1.165, 1.54) is 0 Å². The van der Waals surface area contributed by atoms with Crippen LogP contribution < -0.4 is 5.73 Å². The number of nitrogen functional groups attached to an aromatic ring is 1. The fourth-order valence-electron chi connectivity index (χ4n) is 4.38. The van der Waals surface area contributed by atoms with E-state index in [-0.39, 0.29) is 48.5 Å². The van der Waals surface area contributed by atoms with Crippen molar-refractivity contribution in [1.82, 2.24) is 14.9 Å². The number of hydrogen-bond acceptors (Lipinski definition) is 10. The van der Waals surface area contributed by atoms with Crippen molar-refractivity contribution in [1.29, 1.82) is 0 Å². The smallest absolute Gasteiger partial charge is 0.348 e. The van der Waals surface area contributed by atoms with Gasteiger partial charge in [-0.2, -0.15) is 0 Å². The van der Waals surface area contributed by atoms with Crippen LogP contribution in [0.5, 0.6) is 0 Å². The molecular formula is C21H24N4O6S. The Hall–Kier alpha value is -3.08. The predicted molar refractivity (Wildman–Crippen MR) is 114 cm³/mol. The van der Waals surface area contributed by atoms with Crippen LogP contribution in [0.2, 0.25) is 0 Å². The summed E-state index contributed by atoms with van der Waals surface area (Å²) >= 11 is 1.13. The van der Waals surface area contributed by atoms with E-state index >= 15 is 0 Å². The SMILES string of the molecule is CCOC(=O)c1sc2nc(COC(=O)CN3C(=O)C4CCCCC4C3=O)nc(N)c2c1C. The number of carbonyl (C=O) groups excluding carboxylic acids is 4. The van der Waals surface area contributed by atoms with Crippen LogP contribution in [0.3, 0.4) is 0 Å². The highest BCUT2D eigenvalue weighted by Gasteiger charge is 2.48. The van der Waals surface area contributed by atoms with E-state index in [1.54, 1.807) is 13.8 Å². The zero-order chi connectivity index (χ0) is 23.0. The molecular weight excluding hydrogens is 436 g/mol. The Bertz CT molecular complexity index is 1090. The summed E-state index contributed by atoms with van der Waals surface area (Å²) in [7, 11) is 0. The summed E-state index contributed by atoms with van der Waals surface area (Å²) in [5.41, 5.74) is 6.69. The number of aromatic nitrogens is 2. The number of nitrogens with zero attached hydrogens (tertiary/aromatic N) is 3. The molecule has 2 fully saturated rings.